The van der Waals surface area contributed by atoms with Crippen LogP contribution in [0.4, 0.5) is 20.6 Å². The lowest BCUT2D eigenvalue weighted by atomic mass is 9.97. The molecule has 1 aliphatic rings. The first-order valence-corrected chi connectivity index (χ1v) is 6.63. The van der Waals surface area contributed by atoms with Gasteiger partial charge in [0.1, 0.15) is 11.5 Å². The van der Waals surface area contributed by atoms with E-state index in [9.17, 15) is 19.3 Å². The van der Waals surface area contributed by atoms with Crippen LogP contribution in [0, 0.1) is 21.8 Å². The number of halogens is 1. The van der Waals surface area contributed by atoms with E-state index in [4.69, 9.17) is 5.11 Å². The standard InChI is InChI=1S/C13H16FN3O4/c14-10-1-2-11(12(7-10)17(20)21)15-8-9-3-5-16(6-4-9)13(18)19/h1-2,7,9,15H,3-6,8H2,(H,18,19). The number of likely N-dealkylation sites (tertiary alicyclic amines) is 1. The highest BCUT2D eigenvalue weighted by Gasteiger charge is 2.23. The van der Waals surface area contributed by atoms with Gasteiger partial charge in [0, 0.05) is 19.6 Å². The van der Waals surface area contributed by atoms with Crippen LogP contribution in [0.2, 0.25) is 0 Å². The molecule has 7 nitrogen and oxygen atoms in total. The fraction of sp³-hybridized carbons (Fsp3) is 0.462. The van der Waals surface area contributed by atoms with Gasteiger partial charge >= 0.3 is 6.09 Å². The molecule has 1 aromatic carbocycles. The van der Waals surface area contributed by atoms with Crippen LogP contribution in [0.15, 0.2) is 18.2 Å². The Balaban J connectivity index is 1.92. The average Bonchev–Trinajstić information content (AvgIpc) is 2.46. The molecule has 0 bridgehead atoms. The number of nitro benzene ring substituents is 1. The molecular weight excluding hydrogens is 281 g/mol. The molecule has 1 amide bonds. The lowest BCUT2D eigenvalue weighted by molar-refractivity contribution is -0.384. The second-order valence-electron chi connectivity index (χ2n) is 5.01. The molecule has 1 fully saturated rings. The van der Waals surface area contributed by atoms with Gasteiger partial charge in [0.25, 0.3) is 5.69 Å². The molecule has 1 heterocycles. The first kappa shape index (κ1) is 15.0. The molecule has 1 aliphatic heterocycles. The molecule has 2 N–H and O–H groups in total. The number of nitrogens with one attached hydrogen (secondary N) is 1. The molecule has 0 aromatic heterocycles. The van der Waals surface area contributed by atoms with Crippen LogP contribution in [-0.4, -0.2) is 40.7 Å². The minimum absolute atomic E-state index is 0.241. The van der Waals surface area contributed by atoms with E-state index in [-0.39, 0.29) is 17.3 Å². The number of carbonyl (C=O) groups is 1. The van der Waals surface area contributed by atoms with Crippen LogP contribution in [0.1, 0.15) is 12.8 Å². The second-order valence-corrected chi connectivity index (χ2v) is 5.01. The maximum absolute atomic E-state index is 13.0. The lowest BCUT2D eigenvalue weighted by Crippen LogP contribution is -2.39. The van der Waals surface area contributed by atoms with Crippen molar-refractivity contribution in [1.82, 2.24) is 4.90 Å². The summed E-state index contributed by atoms with van der Waals surface area (Å²) in [7, 11) is 0. The minimum Gasteiger partial charge on any atom is -0.465 e. The summed E-state index contributed by atoms with van der Waals surface area (Å²) in [5.41, 5.74) is -0.0139. The second kappa shape index (κ2) is 6.38. The molecule has 0 radical (unpaired) electrons. The van der Waals surface area contributed by atoms with Crippen molar-refractivity contribution >= 4 is 17.5 Å². The van der Waals surface area contributed by atoms with Gasteiger partial charge in [-0.15, -0.1) is 0 Å². The van der Waals surface area contributed by atoms with E-state index in [1.54, 1.807) is 0 Å². The van der Waals surface area contributed by atoms with Crippen molar-refractivity contribution in [1.29, 1.82) is 0 Å². The maximum atomic E-state index is 13.0. The largest absolute Gasteiger partial charge is 0.465 e. The normalized spacial score (nSPS) is 15.8. The van der Waals surface area contributed by atoms with Gasteiger partial charge in [-0.1, -0.05) is 0 Å². The van der Waals surface area contributed by atoms with Crippen molar-refractivity contribution in [3.8, 4) is 0 Å². The first-order valence-electron chi connectivity index (χ1n) is 6.63. The summed E-state index contributed by atoms with van der Waals surface area (Å²) in [4.78, 5) is 22.4. The van der Waals surface area contributed by atoms with Gasteiger partial charge in [0.2, 0.25) is 0 Å². The average molecular weight is 297 g/mol. The molecule has 21 heavy (non-hydrogen) atoms. The van der Waals surface area contributed by atoms with Gasteiger partial charge in [-0.2, -0.15) is 0 Å². The van der Waals surface area contributed by atoms with E-state index in [0.717, 1.165) is 6.07 Å². The molecule has 0 unspecified atom stereocenters. The summed E-state index contributed by atoms with van der Waals surface area (Å²) < 4.78 is 13.0. The number of benzene rings is 1. The van der Waals surface area contributed by atoms with Gasteiger partial charge in [-0.05, 0) is 30.9 Å². The lowest BCUT2D eigenvalue weighted by Gasteiger charge is -2.30. The summed E-state index contributed by atoms with van der Waals surface area (Å²) in [6, 6.07) is 3.40. The Morgan fingerprint density at radius 1 is 1.48 bits per heavy atom. The number of nitro groups is 1. The maximum Gasteiger partial charge on any atom is 0.407 e. The van der Waals surface area contributed by atoms with Crippen LogP contribution < -0.4 is 5.32 Å². The van der Waals surface area contributed by atoms with Crippen LogP contribution in [0.25, 0.3) is 0 Å². The third kappa shape index (κ3) is 3.80. The number of anilines is 1. The molecule has 0 saturated carbocycles. The molecule has 0 aliphatic carbocycles. The SMILES string of the molecule is O=C(O)N1CCC(CNc2ccc(F)cc2[N+](=O)[O-])CC1. The van der Waals surface area contributed by atoms with Crippen molar-refractivity contribution in [2.75, 3.05) is 25.0 Å². The van der Waals surface area contributed by atoms with E-state index < -0.39 is 16.8 Å². The molecule has 8 heteroatoms. The Hall–Kier alpha value is -2.38. The van der Waals surface area contributed by atoms with E-state index in [2.05, 4.69) is 5.32 Å². The van der Waals surface area contributed by atoms with Crippen LogP contribution in [-0.2, 0) is 0 Å². The molecule has 114 valence electrons. The monoisotopic (exact) mass is 297 g/mol. The van der Waals surface area contributed by atoms with Gasteiger partial charge in [-0.3, -0.25) is 10.1 Å². The van der Waals surface area contributed by atoms with Crippen LogP contribution in [0.3, 0.4) is 0 Å². The third-order valence-electron chi connectivity index (χ3n) is 3.62. The molecule has 2 rings (SSSR count). The van der Waals surface area contributed by atoms with Crippen molar-refractivity contribution in [2.45, 2.75) is 12.8 Å². The van der Waals surface area contributed by atoms with E-state index in [0.29, 0.717) is 32.5 Å². The zero-order valence-electron chi connectivity index (χ0n) is 11.3. The summed E-state index contributed by atoms with van der Waals surface area (Å²) in [6.07, 6.45) is 0.485. The van der Waals surface area contributed by atoms with E-state index in [1.807, 2.05) is 0 Å². The fourth-order valence-corrected chi connectivity index (χ4v) is 2.39. The van der Waals surface area contributed by atoms with Crippen molar-refractivity contribution in [3.05, 3.63) is 34.1 Å². The number of amides is 1. The van der Waals surface area contributed by atoms with Crippen LogP contribution in [0.5, 0.6) is 0 Å². The summed E-state index contributed by atoms with van der Waals surface area (Å²) in [5, 5.41) is 22.7. The number of piperidine rings is 1. The quantitative estimate of drug-likeness (QED) is 0.657. The molecular formula is C13H16FN3O4. The van der Waals surface area contributed by atoms with Crippen molar-refractivity contribution < 1.29 is 19.2 Å². The number of hydrogen-bond donors (Lipinski definition) is 2. The minimum atomic E-state index is -0.921. The molecule has 0 atom stereocenters. The molecule has 0 spiro atoms. The number of carboxylic acid groups (broad SMARTS) is 1. The Morgan fingerprint density at radius 3 is 2.71 bits per heavy atom. The summed E-state index contributed by atoms with van der Waals surface area (Å²) in [5.74, 6) is -0.410. The zero-order valence-corrected chi connectivity index (χ0v) is 11.3. The topological polar surface area (TPSA) is 95.7 Å². The Kier molecular flexibility index (Phi) is 4.56. The number of nitrogens with zero attached hydrogens (tertiary/aromatic N) is 2. The van der Waals surface area contributed by atoms with Crippen molar-refractivity contribution in [2.24, 2.45) is 5.92 Å². The summed E-state index contributed by atoms with van der Waals surface area (Å²) in [6.45, 7) is 1.43. The highest BCUT2D eigenvalue weighted by atomic mass is 19.1. The van der Waals surface area contributed by atoms with E-state index >= 15 is 0 Å². The Bertz CT molecular complexity index is 544. The van der Waals surface area contributed by atoms with Gasteiger partial charge in [-0.25, -0.2) is 9.18 Å². The predicted molar refractivity (Wildman–Crippen MR) is 73.9 cm³/mol. The Labute approximate surface area is 120 Å². The highest BCUT2D eigenvalue weighted by Crippen LogP contribution is 2.26. The highest BCUT2D eigenvalue weighted by molar-refractivity contribution is 5.65. The van der Waals surface area contributed by atoms with E-state index in [1.165, 1.54) is 17.0 Å². The Morgan fingerprint density at radius 2 is 2.14 bits per heavy atom. The summed E-state index contributed by atoms with van der Waals surface area (Å²) >= 11 is 0. The van der Waals surface area contributed by atoms with Gasteiger partial charge < -0.3 is 15.3 Å². The zero-order chi connectivity index (χ0) is 15.4. The molecule has 1 saturated heterocycles. The van der Waals surface area contributed by atoms with Gasteiger partial charge in [0.15, 0.2) is 0 Å². The fourth-order valence-electron chi connectivity index (χ4n) is 2.39. The predicted octanol–water partition coefficient (Wildman–Crippen LogP) is 2.54. The smallest absolute Gasteiger partial charge is 0.407 e. The third-order valence-corrected chi connectivity index (χ3v) is 3.62. The van der Waals surface area contributed by atoms with Gasteiger partial charge in [0.05, 0.1) is 11.0 Å². The number of hydrogen-bond acceptors (Lipinski definition) is 4. The molecule has 1 aromatic rings. The van der Waals surface area contributed by atoms with Crippen LogP contribution >= 0.6 is 0 Å². The first-order chi connectivity index (χ1) is 9.97. The van der Waals surface area contributed by atoms with Crippen molar-refractivity contribution in [3.63, 3.8) is 0 Å². The number of rotatable bonds is 4.